The van der Waals surface area contributed by atoms with E-state index >= 15 is 0 Å². The molecule has 1 unspecified atom stereocenters. The van der Waals surface area contributed by atoms with Gasteiger partial charge in [-0.1, -0.05) is 19.8 Å². The molecule has 1 saturated heterocycles. The van der Waals surface area contributed by atoms with Gasteiger partial charge in [0.05, 0.1) is 11.0 Å². The monoisotopic (exact) mass is 254 g/mol. The van der Waals surface area contributed by atoms with Gasteiger partial charge in [0.25, 0.3) is 0 Å². The lowest BCUT2D eigenvalue weighted by molar-refractivity contribution is -0.143. The Hall–Kier alpha value is -0.610. The molecule has 0 aromatic heterocycles. The Bertz CT molecular complexity index is 305. The topological polar surface area (TPSA) is 52.6 Å². The van der Waals surface area contributed by atoms with Crippen LogP contribution >= 0.6 is 0 Å². The third kappa shape index (κ3) is 2.54. The van der Waals surface area contributed by atoms with Crippen LogP contribution in [0.1, 0.15) is 45.4 Å². The van der Waals surface area contributed by atoms with E-state index in [1.54, 1.807) is 4.90 Å². The van der Waals surface area contributed by atoms with Crippen molar-refractivity contribution >= 4 is 5.91 Å². The third-order valence-corrected chi connectivity index (χ3v) is 4.79. The molecule has 2 fully saturated rings. The van der Waals surface area contributed by atoms with Crippen molar-refractivity contribution in [2.24, 2.45) is 5.41 Å². The summed E-state index contributed by atoms with van der Waals surface area (Å²) < 4.78 is 0. The van der Waals surface area contributed by atoms with Crippen molar-refractivity contribution in [1.29, 1.82) is 0 Å². The zero-order chi connectivity index (χ0) is 13.2. The maximum absolute atomic E-state index is 12.6. The zero-order valence-electron chi connectivity index (χ0n) is 11.7. The lowest BCUT2D eigenvalue weighted by atomic mass is 9.82. The van der Waals surface area contributed by atoms with E-state index in [1.807, 2.05) is 7.05 Å². The quantitative estimate of drug-likeness (QED) is 0.791. The van der Waals surface area contributed by atoms with Crippen molar-refractivity contribution < 1.29 is 9.90 Å². The molecular formula is C14H26N2O2. The number of carbonyl (C=O) groups excluding carboxylic acids is 1. The molecule has 1 aliphatic carbocycles. The van der Waals surface area contributed by atoms with Gasteiger partial charge in [-0.25, -0.2) is 0 Å². The van der Waals surface area contributed by atoms with E-state index in [1.165, 1.54) is 0 Å². The lowest BCUT2D eigenvalue weighted by Crippen LogP contribution is -2.49. The number of likely N-dealkylation sites (N-methyl/N-ethyl adjacent to an activating group) is 1. The van der Waals surface area contributed by atoms with E-state index in [9.17, 15) is 9.90 Å². The number of hydrogen-bond donors (Lipinski definition) is 2. The number of aliphatic hydroxyl groups is 1. The smallest absolute Gasteiger partial charge is 0.229 e. The van der Waals surface area contributed by atoms with Crippen LogP contribution in [0.5, 0.6) is 0 Å². The van der Waals surface area contributed by atoms with Crippen molar-refractivity contribution in [2.75, 3.05) is 26.7 Å². The second-order valence-corrected chi connectivity index (χ2v) is 6.15. The second kappa shape index (κ2) is 5.17. The molecule has 0 radical (unpaired) electrons. The Morgan fingerprint density at radius 3 is 2.50 bits per heavy atom. The van der Waals surface area contributed by atoms with Crippen LogP contribution in [0.4, 0.5) is 0 Å². The van der Waals surface area contributed by atoms with Crippen molar-refractivity contribution in [3.05, 3.63) is 0 Å². The van der Waals surface area contributed by atoms with Crippen molar-refractivity contribution in [1.82, 2.24) is 10.2 Å². The van der Waals surface area contributed by atoms with Crippen LogP contribution in [0.2, 0.25) is 0 Å². The van der Waals surface area contributed by atoms with Crippen LogP contribution in [0.3, 0.4) is 0 Å². The Balaban J connectivity index is 1.99. The lowest BCUT2D eigenvalue weighted by Gasteiger charge is -2.35. The SMILES string of the molecule is CCC1(C(=O)N(C)CC2(O)CCCC2)CCNC1. The molecule has 1 amide bonds. The molecule has 1 heterocycles. The Morgan fingerprint density at radius 2 is 2.00 bits per heavy atom. The molecule has 2 N–H and O–H groups in total. The van der Waals surface area contributed by atoms with Gasteiger partial charge in [0.1, 0.15) is 0 Å². The summed E-state index contributed by atoms with van der Waals surface area (Å²) in [5.41, 5.74) is -0.866. The number of carbonyl (C=O) groups is 1. The fourth-order valence-electron chi connectivity index (χ4n) is 3.49. The first-order valence-electron chi connectivity index (χ1n) is 7.20. The molecule has 0 bridgehead atoms. The van der Waals surface area contributed by atoms with Gasteiger partial charge in [-0.15, -0.1) is 0 Å². The summed E-state index contributed by atoms with van der Waals surface area (Å²) in [7, 11) is 1.84. The molecule has 1 saturated carbocycles. The average molecular weight is 254 g/mol. The highest BCUT2D eigenvalue weighted by molar-refractivity contribution is 5.83. The van der Waals surface area contributed by atoms with Crippen LogP contribution in [0, 0.1) is 5.41 Å². The molecule has 18 heavy (non-hydrogen) atoms. The Morgan fingerprint density at radius 1 is 1.33 bits per heavy atom. The first-order valence-corrected chi connectivity index (χ1v) is 7.20. The highest BCUT2D eigenvalue weighted by atomic mass is 16.3. The highest BCUT2D eigenvalue weighted by Crippen LogP contribution is 2.34. The summed E-state index contributed by atoms with van der Waals surface area (Å²) in [6.07, 6.45) is 5.63. The fourth-order valence-corrected chi connectivity index (χ4v) is 3.49. The highest BCUT2D eigenvalue weighted by Gasteiger charge is 2.43. The van der Waals surface area contributed by atoms with Gasteiger partial charge in [-0.3, -0.25) is 4.79 Å². The Kier molecular flexibility index (Phi) is 3.97. The van der Waals surface area contributed by atoms with E-state index in [0.717, 1.165) is 51.6 Å². The number of hydrogen-bond acceptors (Lipinski definition) is 3. The van der Waals surface area contributed by atoms with Crippen LogP contribution in [-0.2, 0) is 4.79 Å². The van der Waals surface area contributed by atoms with E-state index in [4.69, 9.17) is 0 Å². The van der Waals surface area contributed by atoms with Gasteiger partial charge in [0.15, 0.2) is 0 Å². The number of nitrogens with zero attached hydrogens (tertiary/aromatic N) is 1. The summed E-state index contributed by atoms with van der Waals surface area (Å²) >= 11 is 0. The minimum atomic E-state index is -0.634. The van der Waals surface area contributed by atoms with Crippen molar-refractivity contribution in [3.63, 3.8) is 0 Å². The molecule has 1 atom stereocenters. The predicted molar refractivity (Wildman–Crippen MR) is 71.3 cm³/mol. The van der Waals surface area contributed by atoms with Gasteiger partial charge in [-0.05, 0) is 32.2 Å². The molecule has 0 spiro atoms. The van der Waals surface area contributed by atoms with Crippen LogP contribution in [-0.4, -0.2) is 48.2 Å². The number of rotatable bonds is 4. The van der Waals surface area contributed by atoms with E-state index in [0.29, 0.717) is 6.54 Å². The molecule has 104 valence electrons. The minimum Gasteiger partial charge on any atom is -0.388 e. The predicted octanol–water partition coefficient (Wildman–Crippen LogP) is 1.14. The van der Waals surface area contributed by atoms with Crippen LogP contribution in [0.25, 0.3) is 0 Å². The van der Waals surface area contributed by atoms with Gasteiger partial charge in [0, 0.05) is 20.1 Å². The molecule has 2 rings (SSSR count). The molecule has 4 heteroatoms. The summed E-state index contributed by atoms with van der Waals surface area (Å²) in [5.74, 6) is 0.204. The molecule has 0 aromatic carbocycles. The molecule has 1 aliphatic heterocycles. The van der Waals surface area contributed by atoms with Crippen LogP contribution < -0.4 is 5.32 Å². The maximum atomic E-state index is 12.6. The van der Waals surface area contributed by atoms with Gasteiger partial charge in [-0.2, -0.15) is 0 Å². The molecule has 4 nitrogen and oxygen atoms in total. The van der Waals surface area contributed by atoms with Gasteiger partial charge >= 0.3 is 0 Å². The van der Waals surface area contributed by atoms with Gasteiger partial charge < -0.3 is 15.3 Å². The largest absolute Gasteiger partial charge is 0.388 e. The summed E-state index contributed by atoms with van der Waals surface area (Å²) in [6, 6.07) is 0. The summed E-state index contributed by atoms with van der Waals surface area (Å²) in [4.78, 5) is 14.4. The molecular weight excluding hydrogens is 228 g/mol. The average Bonchev–Trinajstić information content (AvgIpc) is 2.98. The first kappa shape index (κ1) is 13.8. The van der Waals surface area contributed by atoms with Gasteiger partial charge in [0.2, 0.25) is 5.91 Å². The van der Waals surface area contributed by atoms with Crippen LogP contribution in [0.15, 0.2) is 0 Å². The first-order chi connectivity index (χ1) is 8.51. The fraction of sp³-hybridized carbons (Fsp3) is 0.929. The Labute approximate surface area is 110 Å². The number of nitrogens with one attached hydrogen (secondary N) is 1. The third-order valence-electron chi connectivity index (χ3n) is 4.79. The van der Waals surface area contributed by atoms with E-state index in [-0.39, 0.29) is 11.3 Å². The van der Waals surface area contributed by atoms with Crippen molar-refractivity contribution in [3.8, 4) is 0 Å². The van der Waals surface area contributed by atoms with E-state index < -0.39 is 5.60 Å². The zero-order valence-corrected chi connectivity index (χ0v) is 11.7. The molecule has 0 aromatic rings. The van der Waals surface area contributed by atoms with Crippen molar-refractivity contribution in [2.45, 2.75) is 51.0 Å². The van der Waals surface area contributed by atoms with E-state index in [2.05, 4.69) is 12.2 Å². The minimum absolute atomic E-state index is 0.204. The molecule has 2 aliphatic rings. The summed E-state index contributed by atoms with van der Waals surface area (Å²) in [6.45, 7) is 4.29. The number of amides is 1. The maximum Gasteiger partial charge on any atom is 0.229 e. The normalized spacial score (nSPS) is 30.6. The standard InChI is InChI=1S/C14H26N2O2/c1-3-13(8-9-15-10-13)12(17)16(2)11-14(18)6-4-5-7-14/h15,18H,3-11H2,1-2H3. The summed E-state index contributed by atoms with van der Waals surface area (Å²) in [5, 5.41) is 13.7. The second-order valence-electron chi connectivity index (χ2n) is 6.15.